The number of carbonyl (C=O) groups is 4. The number of carboxylic acid groups (broad SMARTS) is 1. The van der Waals surface area contributed by atoms with Crippen LogP contribution in [-0.2, 0) is 25.6 Å². The number of carboxylic acids is 1. The highest BCUT2D eigenvalue weighted by atomic mass is 32.2. The van der Waals surface area contributed by atoms with E-state index >= 15 is 0 Å². The van der Waals surface area contributed by atoms with Gasteiger partial charge in [-0.2, -0.15) is 11.8 Å². The Balaban J connectivity index is 3.08. The molecule has 1 rings (SSSR count). The molecule has 9 N–H and O–H groups in total. The van der Waals surface area contributed by atoms with E-state index in [0.717, 1.165) is 0 Å². The number of aliphatic carboxylic acids is 1. The summed E-state index contributed by atoms with van der Waals surface area (Å²) in [6.07, 6.45) is 4.03. The Morgan fingerprint density at radius 1 is 0.895 bits per heavy atom. The molecule has 0 bridgehead atoms. The minimum Gasteiger partial charge on any atom is -0.508 e. The second kappa shape index (κ2) is 17.6. The molecule has 0 aromatic heterocycles. The van der Waals surface area contributed by atoms with Gasteiger partial charge in [-0.25, -0.2) is 4.79 Å². The zero-order valence-corrected chi connectivity index (χ0v) is 23.3. The van der Waals surface area contributed by atoms with Crippen molar-refractivity contribution >= 4 is 35.5 Å². The van der Waals surface area contributed by atoms with Gasteiger partial charge in [0.2, 0.25) is 17.7 Å². The molecule has 0 radical (unpaired) electrons. The number of hydrogen-bond acceptors (Lipinski definition) is 8. The Morgan fingerprint density at radius 3 is 2.03 bits per heavy atom. The minimum absolute atomic E-state index is 0.0611. The van der Waals surface area contributed by atoms with Crippen molar-refractivity contribution in [2.45, 2.75) is 76.5 Å². The molecule has 0 spiro atoms. The summed E-state index contributed by atoms with van der Waals surface area (Å²) in [7, 11) is 0. The molecule has 4 unspecified atom stereocenters. The zero-order chi connectivity index (χ0) is 28.7. The van der Waals surface area contributed by atoms with E-state index in [2.05, 4.69) is 16.0 Å². The van der Waals surface area contributed by atoms with Crippen molar-refractivity contribution in [3.8, 4) is 5.75 Å². The Hall–Kier alpha value is -2.83. The van der Waals surface area contributed by atoms with Crippen molar-refractivity contribution in [2.24, 2.45) is 17.4 Å². The number of nitrogens with two attached hydrogens (primary N) is 2. The smallest absolute Gasteiger partial charge is 0.326 e. The lowest BCUT2D eigenvalue weighted by Crippen LogP contribution is -2.57. The van der Waals surface area contributed by atoms with Crippen LogP contribution < -0.4 is 27.4 Å². The topological polar surface area (TPSA) is 197 Å². The van der Waals surface area contributed by atoms with Crippen LogP contribution in [0.4, 0.5) is 0 Å². The molecular formula is C26H43N5O6S. The fraction of sp³-hybridized carbons (Fsp3) is 0.615. The molecule has 4 atom stereocenters. The second-order valence-electron chi connectivity index (χ2n) is 9.69. The lowest BCUT2D eigenvalue weighted by atomic mass is 10.0. The summed E-state index contributed by atoms with van der Waals surface area (Å²) in [5.41, 5.74) is 12.2. The van der Waals surface area contributed by atoms with Gasteiger partial charge in [0.25, 0.3) is 0 Å². The Bertz CT molecular complexity index is 899. The lowest BCUT2D eigenvalue weighted by molar-refractivity contribution is -0.142. The van der Waals surface area contributed by atoms with Crippen molar-refractivity contribution < 1.29 is 29.4 Å². The predicted octanol–water partition coefficient (Wildman–Crippen LogP) is 0.729. The SMILES string of the molecule is CSCCC(NC(=O)C(Cc1ccc(O)cc1)NC(=O)C(N)CC(C)C)C(=O)NC(CCCCN)C(=O)O. The fourth-order valence-electron chi connectivity index (χ4n) is 3.77. The standard InChI is InChI=1S/C26H43N5O6S/c1-16(2)14-19(28)23(33)31-22(15-17-7-9-18(32)10-8-17)25(35)29-20(11-13-38-3)24(34)30-21(26(36)37)6-4-5-12-27/h7-10,16,19-22,32H,4-6,11-15,27-28H2,1-3H3,(H,29,35)(H,30,34)(H,31,33)(H,36,37). The quantitative estimate of drug-likeness (QED) is 0.128. The molecule has 38 heavy (non-hydrogen) atoms. The number of phenols is 1. The Kier molecular flexibility index (Phi) is 15.4. The van der Waals surface area contributed by atoms with E-state index in [1.54, 1.807) is 12.1 Å². The number of carbonyl (C=O) groups excluding carboxylic acids is 3. The minimum atomic E-state index is -1.16. The normalized spacial score (nSPS) is 14.3. The first-order valence-electron chi connectivity index (χ1n) is 12.8. The van der Waals surface area contributed by atoms with E-state index in [1.165, 1.54) is 23.9 Å². The maximum Gasteiger partial charge on any atom is 0.326 e. The third kappa shape index (κ3) is 12.6. The van der Waals surface area contributed by atoms with Crippen LogP contribution >= 0.6 is 11.8 Å². The maximum atomic E-state index is 13.4. The van der Waals surface area contributed by atoms with Crippen molar-refractivity contribution in [1.82, 2.24) is 16.0 Å². The van der Waals surface area contributed by atoms with Gasteiger partial charge in [0.05, 0.1) is 6.04 Å². The summed E-state index contributed by atoms with van der Waals surface area (Å²) in [6, 6.07) is 2.24. The molecule has 0 aliphatic rings. The van der Waals surface area contributed by atoms with Gasteiger partial charge in [0.15, 0.2) is 0 Å². The summed E-state index contributed by atoms with van der Waals surface area (Å²) in [5, 5.41) is 27.0. The van der Waals surface area contributed by atoms with Gasteiger partial charge in [-0.1, -0.05) is 26.0 Å². The van der Waals surface area contributed by atoms with Crippen LogP contribution in [0.25, 0.3) is 0 Å². The Labute approximate surface area is 228 Å². The van der Waals surface area contributed by atoms with E-state index in [1.807, 2.05) is 20.1 Å². The van der Waals surface area contributed by atoms with Crippen molar-refractivity contribution in [3.63, 3.8) is 0 Å². The van der Waals surface area contributed by atoms with Crippen molar-refractivity contribution in [2.75, 3.05) is 18.6 Å². The highest BCUT2D eigenvalue weighted by Crippen LogP contribution is 2.13. The molecular weight excluding hydrogens is 510 g/mol. The van der Waals surface area contributed by atoms with Gasteiger partial charge < -0.3 is 37.6 Å². The number of thioether (sulfide) groups is 1. The summed E-state index contributed by atoms with van der Waals surface area (Å²) in [4.78, 5) is 50.8. The van der Waals surface area contributed by atoms with Gasteiger partial charge >= 0.3 is 5.97 Å². The molecule has 0 aliphatic carbocycles. The molecule has 1 aromatic rings. The molecule has 0 heterocycles. The average molecular weight is 554 g/mol. The average Bonchev–Trinajstić information content (AvgIpc) is 2.85. The zero-order valence-electron chi connectivity index (χ0n) is 22.4. The first kappa shape index (κ1) is 33.2. The number of hydrogen-bond donors (Lipinski definition) is 7. The highest BCUT2D eigenvalue weighted by molar-refractivity contribution is 7.98. The third-order valence-corrected chi connectivity index (χ3v) is 6.52. The van der Waals surface area contributed by atoms with E-state index in [4.69, 9.17) is 11.5 Å². The van der Waals surface area contributed by atoms with Crippen LogP contribution in [-0.4, -0.2) is 76.6 Å². The van der Waals surface area contributed by atoms with Crippen molar-refractivity contribution in [3.05, 3.63) is 29.8 Å². The van der Waals surface area contributed by atoms with Crippen molar-refractivity contribution in [1.29, 1.82) is 0 Å². The van der Waals surface area contributed by atoms with Crippen LogP contribution in [0.3, 0.4) is 0 Å². The van der Waals surface area contributed by atoms with E-state index in [0.29, 0.717) is 37.1 Å². The van der Waals surface area contributed by atoms with Crippen LogP contribution in [0.2, 0.25) is 0 Å². The largest absolute Gasteiger partial charge is 0.508 e. The number of unbranched alkanes of at least 4 members (excludes halogenated alkanes) is 1. The first-order valence-corrected chi connectivity index (χ1v) is 14.2. The molecule has 12 heteroatoms. The monoisotopic (exact) mass is 553 g/mol. The fourth-order valence-corrected chi connectivity index (χ4v) is 4.24. The number of aromatic hydroxyl groups is 1. The van der Waals surface area contributed by atoms with Crippen LogP contribution in [0, 0.1) is 5.92 Å². The molecule has 214 valence electrons. The van der Waals surface area contributed by atoms with Gasteiger partial charge in [-0.05, 0) is 74.3 Å². The number of benzene rings is 1. The molecule has 3 amide bonds. The maximum absolute atomic E-state index is 13.4. The predicted molar refractivity (Wildman–Crippen MR) is 149 cm³/mol. The third-order valence-electron chi connectivity index (χ3n) is 5.88. The molecule has 1 aromatic carbocycles. The summed E-state index contributed by atoms with van der Waals surface area (Å²) in [6.45, 7) is 4.29. The number of phenolic OH excluding ortho intramolecular Hbond substituents is 1. The number of amides is 3. The number of rotatable bonds is 18. The molecule has 0 aliphatic heterocycles. The van der Waals surface area contributed by atoms with Gasteiger partial charge in [-0.15, -0.1) is 0 Å². The highest BCUT2D eigenvalue weighted by Gasteiger charge is 2.30. The summed E-state index contributed by atoms with van der Waals surface area (Å²) in [5.74, 6) is -2.09. The Morgan fingerprint density at radius 2 is 1.47 bits per heavy atom. The second-order valence-corrected chi connectivity index (χ2v) is 10.7. The molecule has 11 nitrogen and oxygen atoms in total. The van der Waals surface area contributed by atoms with Gasteiger partial charge in [0.1, 0.15) is 23.9 Å². The number of nitrogens with one attached hydrogen (secondary N) is 3. The van der Waals surface area contributed by atoms with Gasteiger partial charge in [0, 0.05) is 6.42 Å². The van der Waals surface area contributed by atoms with Gasteiger partial charge in [-0.3, -0.25) is 14.4 Å². The van der Waals surface area contributed by atoms with Crippen LogP contribution in [0.1, 0.15) is 51.5 Å². The van der Waals surface area contributed by atoms with E-state index < -0.39 is 47.9 Å². The molecule has 0 saturated carbocycles. The summed E-state index contributed by atoms with van der Waals surface area (Å²) >= 11 is 1.48. The van der Waals surface area contributed by atoms with E-state index in [9.17, 15) is 29.4 Å². The lowest BCUT2D eigenvalue weighted by Gasteiger charge is -2.25. The van der Waals surface area contributed by atoms with Crippen LogP contribution in [0.5, 0.6) is 5.75 Å². The van der Waals surface area contributed by atoms with E-state index in [-0.39, 0.29) is 30.9 Å². The summed E-state index contributed by atoms with van der Waals surface area (Å²) < 4.78 is 0. The molecule has 0 saturated heterocycles. The first-order chi connectivity index (χ1) is 18.0. The van der Waals surface area contributed by atoms with Crippen LogP contribution in [0.15, 0.2) is 24.3 Å². The molecule has 0 fully saturated rings.